The number of nitrogens with two attached hydrogens (primary N) is 1. The van der Waals surface area contributed by atoms with Crippen LogP contribution in [0.4, 0.5) is 5.95 Å². The summed E-state index contributed by atoms with van der Waals surface area (Å²) in [4.78, 5) is 6.91. The molecule has 0 spiro atoms. The van der Waals surface area contributed by atoms with Gasteiger partial charge in [0.25, 0.3) is 0 Å². The number of hydrogen-bond acceptors (Lipinski definition) is 2. The molecule has 3 nitrogen and oxygen atoms in total. The third-order valence-electron chi connectivity index (χ3n) is 1.46. The Bertz CT molecular complexity index is 398. The molecule has 2 aromatic rings. The van der Waals surface area contributed by atoms with Gasteiger partial charge in [-0.3, -0.25) is 0 Å². The maximum absolute atomic E-state index is 5.73. The summed E-state index contributed by atoms with van der Waals surface area (Å²) < 4.78 is 0. The first-order chi connectivity index (χ1) is 5.25. The largest absolute Gasteiger partial charge is 0.369 e. The van der Waals surface area contributed by atoms with E-state index >= 15 is 0 Å². The van der Waals surface area contributed by atoms with Crippen LogP contribution in [0.15, 0.2) is 18.2 Å². The monoisotopic (exact) mass is 247 g/mol. The molecule has 64 valence electrons. The SMILES string of the molecule is Br.Nc1nc2cc(Cl)ccc2[nH]1. The average molecular weight is 249 g/mol. The molecular weight excluding hydrogens is 241 g/mol. The van der Waals surface area contributed by atoms with Crippen LogP contribution in [0.5, 0.6) is 0 Å². The molecule has 5 heteroatoms. The number of aromatic amines is 1. The molecule has 0 aliphatic heterocycles. The van der Waals surface area contributed by atoms with Crippen molar-refractivity contribution in [2.24, 2.45) is 0 Å². The maximum atomic E-state index is 5.73. The molecule has 0 fully saturated rings. The van der Waals surface area contributed by atoms with Crippen LogP contribution >= 0.6 is 28.6 Å². The Morgan fingerprint density at radius 3 is 2.92 bits per heavy atom. The quantitative estimate of drug-likeness (QED) is 0.752. The zero-order valence-electron chi connectivity index (χ0n) is 6.04. The molecule has 1 aromatic carbocycles. The molecule has 2 rings (SSSR count). The summed E-state index contributed by atoms with van der Waals surface area (Å²) in [6.07, 6.45) is 0. The third kappa shape index (κ3) is 1.54. The molecule has 1 aromatic heterocycles. The second kappa shape index (κ2) is 3.33. The number of nitrogen functional groups attached to an aromatic ring is 1. The number of nitrogens with one attached hydrogen (secondary N) is 1. The summed E-state index contributed by atoms with van der Waals surface area (Å²) in [5.74, 6) is 0.419. The summed E-state index contributed by atoms with van der Waals surface area (Å²) >= 11 is 5.73. The summed E-state index contributed by atoms with van der Waals surface area (Å²) in [7, 11) is 0. The zero-order valence-corrected chi connectivity index (χ0v) is 8.51. The van der Waals surface area contributed by atoms with E-state index in [4.69, 9.17) is 17.3 Å². The Balaban J connectivity index is 0.000000720. The van der Waals surface area contributed by atoms with E-state index in [1.807, 2.05) is 6.07 Å². The third-order valence-corrected chi connectivity index (χ3v) is 1.70. The van der Waals surface area contributed by atoms with Crippen LogP contribution in [-0.2, 0) is 0 Å². The summed E-state index contributed by atoms with van der Waals surface area (Å²) in [6.45, 7) is 0. The zero-order chi connectivity index (χ0) is 7.84. The molecule has 12 heavy (non-hydrogen) atoms. The Morgan fingerprint density at radius 2 is 2.17 bits per heavy atom. The molecule has 0 unspecified atom stereocenters. The van der Waals surface area contributed by atoms with Gasteiger partial charge in [0, 0.05) is 5.02 Å². The number of H-pyrrole nitrogens is 1. The minimum Gasteiger partial charge on any atom is -0.369 e. The first kappa shape index (κ1) is 9.35. The van der Waals surface area contributed by atoms with Crippen molar-refractivity contribution in [3.8, 4) is 0 Å². The molecular formula is C7H7BrClN3. The van der Waals surface area contributed by atoms with Gasteiger partial charge in [-0.1, -0.05) is 11.6 Å². The molecule has 0 saturated carbocycles. The number of halogens is 2. The van der Waals surface area contributed by atoms with Gasteiger partial charge < -0.3 is 10.7 Å². The van der Waals surface area contributed by atoms with Crippen LogP contribution in [0.1, 0.15) is 0 Å². The fraction of sp³-hybridized carbons (Fsp3) is 0. The Kier molecular flexibility index (Phi) is 2.59. The normalized spacial score (nSPS) is 9.75. The van der Waals surface area contributed by atoms with Crippen LogP contribution in [0.2, 0.25) is 5.02 Å². The van der Waals surface area contributed by atoms with Gasteiger partial charge in [0.15, 0.2) is 5.95 Å². The van der Waals surface area contributed by atoms with E-state index in [2.05, 4.69) is 9.97 Å². The van der Waals surface area contributed by atoms with E-state index in [0.717, 1.165) is 11.0 Å². The Morgan fingerprint density at radius 1 is 1.42 bits per heavy atom. The minimum absolute atomic E-state index is 0. The van der Waals surface area contributed by atoms with Gasteiger partial charge >= 0.3 is 0 Å². The predicted octanol–water partition coefficient (Wildman–Crippen LogP) is 2.38. The number of hydrogen-bond donors (Lipinski definition) is 2. The number of fused-ring (bicyclic) bond motifs is 1. The molecule has 0 saturated heterocycles. The smallest absolute Gasteiger partial charge is 0.198 e. The summed E-state index contributed by atoms with van der Waals surface area (Å²) in [5, 5.41) is 0.670. The minimum atomic E-state index is 0. The highest BCUT2D eigenvalue weighted by molar-refractivity contribution is 8.93. The van der Waals surface area contributed by atoms with Gasteiger partial charge in [-0.15, -0.1) is 17.0 Å². The highest BCUT2D eigenvalue weighted by Gasteiger charge is 1.98. The van der Waals surface area contributed by atoms with Crippen molar-refractivity contribution >= 4 is 45.6 Å². The summed E-state index contributed by atoms with van der Waals surface area (Å²) in [5.41, 5.74) is 7.14. The van der Waals surface area contributed by atoms with E-state index in [9.17, 15) is 0 Å². The van der Waals surface area contributed by atoms with Gasteiger partial charge in [-0.2, -0.15) is 0 Å². The van der Waals surface area contributed by atoms with Crippen LogP contribution in [-0.4, -0.2) is 9.97 Å². The van der Waals surface area contributed by atoms with E-state index in [0.29, 0.717) is 11.0 Å². The fourth-order valence-corrected chi connectivity index (χ4v) is 1.17. The molecule has 1 heterocycles. The van der Waals surface area contributed by atoms with Gasteiger partial charge in [-0.25, -0.2) is 4.98 Å². The molecule has 0 aliphatic rings. The molecule has 0 atom stereocenters. The first-order valence-electron chi connectivity index (χ1n) is 3.16. The second-order valence-corrected chi connectivity index (χ2v) is 2.72. The van der Waals surface area contributed by atoms with Crippen LogP contribution < -0.4 is 5.73 Å². The van der Waals surface area contributed by atoms with Crippen molar-refractivity contribution in [2.75, 3.05) is 5.73 Å². The van der Waals surface area contributed by atoms with E-state index in [1.54, 1.807) is 12.1 Å². The number of aromatic nitrogens is 2. The van der Waals surface area contributed by atoms with Crippen molar-refractivity contribution < 1.29 is 0 Å². The lowest BCUT2D eigenvalue weighted by molar-refractivity contribution is 1.35. The van der Waals surface area contributed by atoms with E-state index in [-0.39, 0.29) is 17.0 Å². The van der Waals surface area contributed by atoms with Crippen molar-refractivity contribution in [1.82, 2.24) is 9.97 Å². The molecule has 0 radical (unpaired) electrons. The lowest BCUT2D eigenvalue weighted by atomic mass is 10.3. The van der Waals surface area contributed by atoms with Crippen molar-refractivity contribution in [3.05, 3.63) is 23.2 Å². The van der Waals surface area contributed by atoms with Gasteiger partial charge in [0.2, 0.25) is 0 Å². The van der Waals surface area contributed by atoms with Gasteiger partial charge in [0.05, 0.1) is 11.0 Å². The molecule has 0 bridgehead atoms. The summed E-state index contributed by atoms with van der Waals surface area (Å²) in [6, 6.07) is 5.41. The number of benzene rings is 1. The topological polar surface area (TPSA) is 54.7 Å². The van der Waals surface area contributed by atoms with Crippen LogP contribution in [0, 0.1) is 0 Å². The lowest BCUT2D eigenvalue weighted by Crippen LogP contribution is -1.84. The highest BCUT2D eigenvalue weighted by atomic mass is 79.9. The number of nitrogens with zero attached hydrogens (tertiary/aromatic N) is 1. The van der Waals surface area contributed by atoms with Crippen molar-refractivity contribution in [1.29, 1.82) is 0 Å². The Hall–Kier alpha value is -0.740. The molecule has 0 aliphatic carbocycles. The predicted molar refractivity (Wildman–Crippen MR) is 55.8 cm³/mol. The van der Waals surface area contributed by atoms with Gasteiger partial charge in [0.1, 0.15) is 0 Å². The standard InChI is InChI=1S/C7H6ClN3.BrH/c8-4-1-2-5-6(3-4)11-7(9)10-5;/h1-3H,(H3,9,10,11);1H. The Labute approximate surface area is 84.7 Å². The lowest BCUT2D eigenvalue weighted by Gasteiger charge is -1.86. The second-order valence-electron chi connectivity index (χ2n) is 2.28. The fourth-order valence-electron chi connectivity index (χ4n) is 0.999. The average Bonchev–Trinajstić information content (AvgIpc) is 2.27. The van der Waals surface area contributed by atoms with Crippen molar-refractivity contribution in [2.45, 2.75) is 0 Å². The number of anilines is 1. The maximum Gasteiger partial charge on any atom is 0.198 e. The van der Waals surface area contributed by atoms with Gasteiger partial charge in [-0.05, 0) is 18.2 Å². The van der Waals surface area contributed by atoms with Crippen LogP contribution in [0.25, 0.3) is 11.0 Å². The first-order valence-corrected chi connectivity index (χ1v) is 3.54. The van der Waals surface area contributed by atoms with E-state index < -0.39 is 0 Å². The number of rotatable bonds is 0. The van der Waals surface area contributed by atoms with Crippen molar-refractivity contribution in [3.63, 3.8) is 0 Å². The van der Waals surface area contributed by atoms with Crippen LogP contribution in [0.3, 0.4) is 0 Å². The molecule has 3 N–H and O–H groups in total. The highest BCUT2D eigenvalue weighted by Crippen LogP contribution is 2.17. The number of imidazole rings is 1. The molecule has 0 amide bonds. The van der Waals surface area contributed by atoms with E-state index in [1.165, 1.54) is 0 Å².